The molecule has 4 heteroatoms. The van der Waals surface area contributed by atoms with Gasteiger partial charge in [-0.2, -0.15) is 0 Å². The Morgan fingerprint density at radius 3 is 2.50 bits per heavy atom. The number of para-hydroxylation sites is 1. The lowest BCUT2D eigenvalue weighted by Gasteiger charge is -2.22. The van der Waals surface area contributed by atoms with Gasteiger partial charge in [0.25, 0.3) is 0 Å². The number of halogens is 2. The van der Waals surface area contributed by atoms with Crippen LogP contribution >= 0.6 is 35.0 Å². The highest BCUT2D eigenvalue weighted by molar-refractivity contribution is 14.1. The van der Waals surface area contributed by atoms with Crippen LogP contribution in [0.2, 0.25) is 0 Å². The van der Waals surface area contributed by atoms with Crippen molar-refractivity contribution in [2.24, 2.45) is 0 Å². The van der Waals surface area contributed by atoms with E-state index >= 15 is 0 Å². The summed E-state index contributed by atoms with van der Waals surface area (Å²) in [5, 5.41) is 4.91. The molecule has 24 heavy (non-hydrogen) atoms. The van der Waals surface area contributed by atoms with Crippen LogP contribution in [0.15, 0.2) is 54.7 Å². The van der Waals surface area contributed by atoms with Crippen molar-refractivity contribution >= 4 is 45.9 Å². The quantitative estimate of drug-likeness (QED) is 0.542. The maximum atomic E-state index is 3.48. The minimum Gasteiger partial charge on any atom is -0.343 e. The predicted octanol–water partition coefficient (Wildman–Crippen LogP) is 5.18. The van der Waals surface area contributed by atoms with Crippen molar-refractivity contribution in [3.05, 3.63) is 69.4 Å². The van der Waals surface area contributed by atoms with Gasteiger partial charge in [-0.05, 0) is 77.7 Å². The first kappa shape index (κ1) is 17.8. The highest BCUT2D eigenvalue weighted by atomic mass is 127. The van der Waals surface area contributed by atoms with Crippen molar-refractivity contribution in [3.63, 3.8) is 0 Å². The van der Waals surface area contributed by atoms with Crippen LogP contribution in [0.3, 0.4) is 0 Å². The topological polar surface area (TPSA) is 17.0 Å². The lowest BCUT2D eigenvalue weighted by molar-refractivity contribution is 0.461. The summed E-state index contributed by atoms with van der Waals surface area (Å²) in [6, 6.07) is 17.5. The first-order chi connectivity index (χ1) is 11.3. The number of hydrogen-bond donors (Lipinski definition) is 1. The monoisotopic (exact) mass is 452 g/mol. The fraction of sp³-hybridized carbons (Fsp3) is 0.300. The minimum absolute atomic E-state index is 0. The van der Waals surface area contributed by atoms with Crippen molar-refractivity contribution in [3.8, 4) is 0 Å². The van der Waals surface area contributed by atoms with E-state index in [9.17, 15) is 0 Å². The van der Waals surface area contributed by atoms with Gasteiger partial charge in [0.15, 0.2) is 0 Å². The third-order valence-corrected chi connectivity index (χ3v) is 5.95. The van der Waals surface area contributed by atoms with Crippen molar-refractivity contribution in [2.75, 3.05) is 13.1 Å². The number of nitrogens with zero attached hydrogens (tertiary/aromatic N) is 1. The van der Waals surface area contributed by atoms with Gasteiger partial charge >= 0.3 is 0 Å². The van der Waals surface area contributed by atoms with E-state index in [4.69, 9.17) is 0 Å². The number of fused-ring (bicyclic) bond motifs is 1. The number of benzene rings is 2. The van der Waals surface area contributed by atoms with Crippen LogP contribution in [0.4, 0.5) is 0 Å². The summed E-state index contributed by atoms with van der Waals surface area (Å²) < 4.78 is 3.77. The Morgan fingerprint density at radius 2 is 1.71 bits per heavy atom. The average molecular weight is 453 g/mol. The molecule has 0 atom stereocenters. The van der Waals surface area contributed by atoms with E-state index in [1.165, 1.54) is 38.4 Å². The Hall–Kier alpha value is -1.04. The van der Waals surface area contributed by atoms with Crippen LogP contribution in [-0.2, 0) is 6.54 Å². The van der Waals surface area contributed by atoms with E-state index < -0.39 is 0 Å². The maximum absolute atomic E-state index is 3.48. The van der Waals surface area contributed by atoms with Gasteiger partial charge in [0, 0.05) is 27.2 Å². The molecule has 0 bridgehead atoms. The summed E-state index contributed by atoms with van der Waals surface area (Å²) in [6.07, 6.45) is 4.90. The molecule has 0 radical (unpaired) electrons. The van der Waals surface area contributed by atoms with Gasteiger partial charge in [0.2, 0.25) is 0 Å². The van der Waals surface area contributed by atoms with Crippen LogP contribution < -0.4 is 5.32 Å². The number of hydrogen-bond acceptors (Lipinski definition) is 1. The zero-order valence-corrected chi connectivity index (χ0v) is 16.5. The normalized spacial score (nSPS) is 15.4. The van der Waals surface area contributed by atoms with Gasteiger partial charge < -0.3 is 9.88 Å². The molecule has 2 aromatic carbocycles. The zero-order chi connectivity index (χ0) is 15.6. The molecule has 126 valence electrons. The number of nitrogens with one attached hydrogen (secondary N) is 1. The van der Waals surface area contributed by atoms with E-state index in [0.717, 1.165) is 19.6 Å². The van der Waals surface area contributed by atoms with Gasteiger partial charge in [-0.3, -0.25) is 0 Å². The van der Waals surface area contributed by atoms with E-state index in [-0.39, 0.29) is 12.4 Å². The summed E-state index contributed by atoms with van der Waals surface area (Å²) in [6.45, 7) is 3.23. The SMILES string of the molecule is Cl.Ic1ccccc1Cn1cc(C2CCNCC2)c2ccccc21. The van der Waals surface area contributed by atoms with Crippen LogP contribution in [0.25, 0.3) is 10.9 Å². The molecular formula is C20H22ClIN2. The third-order valence-electron chi connectivity index (χ3n) is 4.90. The van der Waals surface area contributed by atoms with Gasteiger partial charge in [-0.1, -0.05) is 36.4 Å². The summed E-state index contributed by atoms with van der Waals surface area (Å²) >= 11 is 2.44. The number of piperidine rings is 1. The number of aromatic nitrogens is 1. The van der Waals surface area contributed by atoms with Crippen molar-refractivity contribution in [1.29, 1.82) is 0 Å². The van der Waals surface area contributed by atoms with Gasteiger partial charge in [-0.25, -0.2) is 0 Å². The zero-order valence-electron chi connectivity index (χ0n) is 13.5. The fourth-order valence-corrected chi connectivity index (χ4v) is 4.23. The average Bonchev–Trinajstić information content (AvgIpc) is 2.97. The van der Waals surface area contributed by atoms with Crippen molar-refractivity contribution in [1.82, 2.24) is 9.88 Å². The van der Waals surface area contributed by atoms with Gasteiger partial charge in [-0.15, -0.1) is 12.4 Å². The Labute approximate surface area is 163 Å². The Morgan fingerprint density at radius 1 is 1.00 bits per heavy atom. The fourth-order valence-electron chi connectivity index (χ4n) is 3.67. The molecule has 1 aromatic heterocycles. The first-order valence-electron chi connectivity index (χ1n) is 8.35. The second kappa shape index (κ2) is 7.89. The molecule has 0 aliphatic carbocycles. The van der Waals surface area contributed by atoms with E-state index in [1.54, 1.807) is 0 Å². The molecule has 2 nitrogen and oxygen atoms in total. The molecule has 0 amide bonds. The molecule has 1 fully saturated rings. The first-order valence-corrected chi connectivity index (χ1v) is 9.42. The number of rotatable bonds is 3. The summed E-state index contributed by atoms with van der Waals surface area (Å²) in [5.74, 6) is 0.692. The maximum Gasteiger partial charge on any atom is 0.0486 e. The van der Waals surface area contributed by atoms with Crippen molar-refractivity contribution < 1.29 is 0 Å². The molecule has 3 aromatic rings. The second-order valence-electron chi connectivity index (χ2n) is 6.35. The van der Waals surface area contributed by atoms with E-state index in [2.05, 4.69) is 87.2 Å². The third kappa shape index (κ3) is 3.48. The lowest BCUT2D eigenvalue weighted by atomic mass is 9.90. The van der Waals surface area contributed by atoms with E-state index in [0.29, 0.717) is 5.92 Å². The minimum atomic E-state index is 0. The Bertz CT molecular complexity index is 821. The van der Waals surface area contributed by atoms with Gasteiger partial charge in [0.1, 0.15) is 0 Å². The van der Waals surface area contributed by atoms with Crippen LogP contribution in [-0.4, -0.2) is 17.7 Å². The lowest BCUT2D eigenvalue weighted by Crippen LogP contribution is -2.26. The molecule has 0 saturated carbocycles. The summed E-state index contributed by atoms with van der Waals surface area (Å²) in [7, 11) is 0. The van der Waals surface area contributed by atoms with Gasteiger partial charge in [0.05, 0.1) is 0 Å². The largest absolute Gasteiger partial charge is 0.343 e. The molecule has 1 N–H and O–H groups in total. The molecule has 2 heterocycles. The molecule has 4 rings (SSSR count). The van der Waals surface area contributed by atoms with Crippen molar-refractivity contribution in [2.45, 2.75) is 25.3 Å². The Kier molecular flexibility index (Phi) is 5.85. The van der Waals surface area contributed by atoms with Crippen LogP contribution in [0.5, 0.6) is 0 Å². The Balaban J connectivity index is 0.00000169. The molecule has 1 aliphatic rings. The predicted molar refractivity (Wildman–Crippen MR) is 112 cm³/mol. The second-order valence-corrected chi connectivity index (χ2v) is 7.51. The summed E-state index contributed by atoms with van der Waals surface area (Å²) in [5.41, 5.74) is 4.29. The molecule has 0 unspecified atom stereocenters. The molecule has 1 aliphatic heterocycles. The smallest absolute Gasteiger partial charge is 0.0486 e. The molecular weight excluding hydrogens is 431 g/mol. The highest BCUT2D eigenvalue weighted by Gasteiger charge is 2.20. The van der Waals surface area contributed by atoms with Crippen LogP contribution in [0, 0.1) is 3.57 Å². The molecule has 0 spiro atoms. The van der Waals surface area contributed by atoms with E-state index in [1.807, 2.05) is 0 Å². The molecule has 1 saturated heterocycles. The standard InChI is InChI=1S/C20H21IN2.ClH/c21-19-7-3-1-5-16(19)13-23-14-18(15-9-11-22-12-10-15)17-6-2-4-8-20(17)23;/h1-8,14-15,22H,9-13H2;1H. The highest BCUT2D eigenvalue weighted by Crippen LogP contribution is 2.33. The summed E-state index contributed by atoms with van der Waals surface area (Å²) in [4.78, 5) is 0. The van der Waals surface area contributed by atoms with Crippen LogP contribution in [0.1, 0.15) is 29.9 Å².